The second-order valence-electron chi connectivity index (χ2n) is 5.69. The van der Waals surface area contributed by atoms with Crippen LogP contribution in [0, 0.1) is 11.7 Å². The molecule has 1 aliphatic rings. The monoisotopic (exact) mass is 299 g/mol. The molecule has 0 bridgehead atoms. The highest BCUT2D eigenvalue weighted by Crippen LogP contribution is 2.31. The molecule has 1 amide bonds. The summed E-state index contributed by atoms with van der Waals surface area (Å²) >= 11 is 5.84. The summed E-state index contributed by atoms with van der Waals surface area (Å²) < 4.78 is 13.6. The van der Waals surface area contributed by atoms with Crippen LogP contribution < -0.4 is 5.32 Å². The van der Waals surface area contributed by atoms with Crippen LogP contribution in [0.25, 0.3) is 0 Å². The van der Waals surface area contributed by atoms with Crippen LogP contribution in [-0.2, 0) is 0 Å². The summed E-state index contributed by atoms with van der Waals surface area (Å²) in [5.74, 6) is -0.633. The number of aliphatic hydroxyl groups is 1. The van der Waals surface area contributed by atoms with Gasteiger partial charge in [-0.25, -0.2) is 4.39 Å². The quantitative estimate of drug-likeness (QED) is 0.901. The van der Waals surface area contributed by atoms with E-state index in [1.165, 1.54) is 18.2 Å². The highest BCUT2D eigenvalue weighted by molar-refractivity contribution is 6.33. The molecule has 5 heteroatoms. The Morgan fingerprint density at radius 3 is 2.75 bits per heavy atom. The molecule has 1 aliphatic carbocycles. The maximum Gasteiger partial charge on any atom is 0.255 e. The first-order chi connectivity index (χ1) is 9.41. The summed E-state index contributed by atoms with van der Waals surface area (Å²) in [6.07, 6.45) is 3.18. The lowest BCUT2D eigenvalue weighted by Crippen LogP contribution is -2.45. The van der Waals surface area contributed by atoms with Crippen molar-refractivity contribution < 1.29 is 14.3 Å². The lowest BCUT2D eigenvalue weighted by atomic mass is 9.79. The molecule has 2 N–H and O–H groups in total. The summed E-state index contributed by atoms with van der Waals surface area (Å²) in [6.45, 7) is 2.28. The molecule has 110 valence electrons. The molecule has 1 aromatic carbocycles. The van der Waals surface area contributed by atoms with Gasteiger partial charge in [0.2, 0.25) is 0 Å². The predicted molar refractivity (Wildman–Crippen MR) is 76.3 cm³/mol. The molecule has 0 radical (unpaired) electrons. The Morgan fingerprint density at radius 1 is 1.50 bits per heavy atom. The van der Waals surface area contributed by atoms with E-state index in [1.807, 2.05) is 0 Å². The Morgan fingerprint density at radius 2 is 2.15 bits per heavy atom. The average molecular weight is 300 g/mol. The minimum Gasteiger partial charge on any atom is -0.388 e. The molecule has 0 unspecified atom stereocenters. The number of halogens is 2. The van der Waals surface area contributed by atoms with Crippen LogP contribution in [-0.4, -0.2) is 23.2 Å². The van der Waals surface area contributed by atoms with E-state index in [0.29, 0.717) is 18.8 Å². The second kappa shape index (κ2) is 6.10. The number of benzene rings is 1. The fraction of sp³-hybridized carbons (Fsp3) is 0.533. The molecule has 3 nitrogen and oxygen atoms in total. The van der Waals surface area contributed by atoms with Crippen molar-refractivity contribution >= 4 is 17.5 Å². The van der Waals surface area contributed by atoms with Crippen LogP contribution in [0.2, 0.25) is 5.02 Å². The van der Waals surface area contributed by atoms with Gasteiger partial charge >= 0.3 is 0 Å². The van der Waals surface area contributed by atoms with Gasteiger partial charge in [-0.05, 0) is 43.7 Å². The van der Waals surface area contributed by atoms with E-state index >= 15 is 0 Å². The van der Waals surface area contributed by atoms with Gasteiger partial charge in [0.05, 0.1) is 16.2 Å². The van der Waals surface area contributed by atoms with Crippen LogP contribution in [0.5, 0.6) is 0 Å². The van der Waals surface area contributed by atoms with Gasteiger partial charge in [-0.2, -0.15) is 0 Å². The van der Waals surface area contributed by atoms with Gasteiger partial charge in [0.25, 0.3) is 5.91 Å². The van der Waals surface area contributed by atoms with Crippen molar-refractivity contribution in [2.45, 2.75) is 38.2 Å². The molecule has 0 atom stereocenters. The first-order valence-electron chi connectivity index (χ1n) is 6.86. The van der Waals surface area contributed by atoms with Crippen molar-refractivity contribution in [3.63, 3.8) is 0 Å². The highest BCUT2D eigenvalue weighted by atomic mass is 35.5. The summed E-state index contributed by atoms with van der Waals surface area (Å²) in [4.78, 5) is 12.0. The fourth-order valence-electron chi connectivity index (χ4n) is 2.52. The Balaban J connectivity index is 1.99. The van der Waals surface area contributed by atoms with Crippen molar-refractivity contribution in [1.82, 2.24) is 5.32 Å². The Hall–Kier alpha value is -1.13. The predicted octanol–water partition coefficient (Wildman–Crippen LogP) is 3.15. The SMILES string of the molecule is CC1CCC(O)(CNC(=O)c2c(F)cccc2Cl)CC1. The van der Waals surface area contributed by atoms with E-state index in [-0.39, 0.29) is 17.1 Å². The van der Waals surface area contributed by atoms with E-state index in [2.05, 4.69) is 12.2 Å². The minimum atomic E-state index is -0.889. The van der Waals surface area contributed by atoms with Gasteiger partial charge in [0, 0.05) is 6.54 Å². The summed E-state index contributed by atoms with van der Waals surface area (Å²) in [6, 6.07) is 4.11. The lowest BCUT2D eigenvalue weighted by Gasteiger charge is -2.35. The van der Waals surface area contributed by atoms with E-state index in [0.717, 1.165) is 12.8 Å². The molecule has 1 fully saturated rings. The van der Waals surface area contributed by atoms with Gasteiger partial charge in [-0.1, -0.05) is 24.6 Å². The van der Waals surface area contributed by atoms with E-state index < -0.39 is 17.3 Å². The standard InChI is InChI=1S/C15H19ClFNO2/c1-10-5-7-15(20,8-6-10)9-18-14(19)13-11(16)3-2-4-12(13)17/h2-4,10,20H,5-9H2,1H3,(H,18,19). The van der Waals surface area contributed by atoms with Crippen LogP contribution >= 0.6 is 11.6 Å². The zero-order chi connectivity index (χ0) is 14.8. The Labute approximate surface area is 123 Å². The van der Waals surface area contributed by atoms with Crippen LogP contribution in [0.1, 0.15) is 43.0 Å². The summed E-state index contributed by atoms with van der Waals surface area (Å²) in [5.41, 5.74) is -1.05. The number of carbonyl (C=O) groups is 1. The third-order valence-electron chi connectivity index (χ3n) is 3.97. The molecule has 0 aromatic heterocycles. The smallest absolute Gasteiger partial charge is 0.255 e. The maximum atomic E-state index is 13.6. The Kier molecular flexibility index (Phi) is 4.66. The summed E-state index contributed by atoms with van der Waals surface area (Å²) in [5, 5.41) is 13.0. The van der Waals surface area contributed by atoms with E-state index in [9.17, 15) is 14.3 Å². The third-order valence-corrected chi connectivity index (χ3v) is 4.29. The number of amides is 1. The van der Waals surface area contributed by atoms with Crippen molar-refractivity contribution in [2.75, 3.05) is 6.54 Å². The zero-order valence-corrected chi connectivity index (χ0v) is 12.2. The van der Waals surface area contributed by atoms with Gasteiger partial charge < -0.3 is 10.4 Å². The number of nitrogens with one attached hydrogen (secondary N) is 1. The minimum absolute atomic E-state index is 0.0757. The molecular weight excluding hydrogens is 281 g/mol. The Bertz CT molecular complexity index is 478. The number of carbonyl (C=O) groups excluding carboxylic acids is 1. The van der Waals surface area contributed by atoms with Crippen LogP contribution in [0.4, 0.5) is 4.39 Å². The number of hydrogen-bond acceptors (Lipinski definition) is 2. The number of hydrogen-bond donors (Lipinski definition) is 2. The molecule has 0 saturated heterocycles. The van der Waals surface area contributed by atoms with Crippen molar-refractivity contribution in [1.29, 1.82) is 0 Å². The normalized spacial score (nSPS) is 26.3. The van der Waals surface area contributed by atoms with Gasteiger partial charge in [0.1, 0.15) is 5.82 Å². The van der Waals surface area contributed by atoms with Crippen molar-refractivity contribution in [3.05, 3.63) is 34.6 Å². The molecule has 2 rings (SSSR count). The van der Waals surface area contributed by atoms with E-state index in [1.54, 1.807) is 0 Å². The molecular formula is C15H19ClFNO2. The highest BCUT2D eigenvalue weighted by Gasteiger charge is 2.32. The van der Waals surface area contributed by atoms with Gasteiger partial charge in [-0.3, -0.25) is 4.79 Å². The summed E-state index contributed by atoms with van der Waals surface area (Å²) in [7, 11) is 0. The van der Waals surface area contributed by atoms with Crippen LogP contribution in [0.3, 0.4) is 0 Å². The topological polar surface area (TPSA) is 49.3 Å². The molecule has 0 spiro atoms. The number of rotatable bonds is 3. The first-order valence-corrected chi connectivity index (χ1v) is 7.24. The molecule has 1 aromatic rings. The fourth-order valence-corrected chi connectivity index (χ4v) is 2.77. The third kappa shape index (κ3) is 3.49. The van der Waals surface area contributed by atoms with Crippen molar-refractivity contribution in [2.24, 2.45) is 5.92 Å². The molecule has 0 aliphatic heterocycles. The molecule has 20 heavy (non-hydrogen) atoms. The molecule has 0 heterocycles. The first kappa shape index (κ1) is 15.3. The molecule has 1 saturated carbocycles. The van der Waals surface area contributed by atoms with E-state index in [4.69, 9.17) is 11.6 Å². The lowest BCUT2D eigenvalue weighted by molar-refractivity contribution is -0.00543. The second-order valence-corrected chi connectivity index (χ2v) is 6.09. The largest absolute Gasteiger partial charge is 0.388 e. The zero-order valence-electron chi connectivity index (χ0n) is 11.5. The van der Waals surface area contributed by atoms with Gasteiger partial charge in [-0.15, -0.1) is 0 Å². The van der Waals surface area contributed by atoms with Crippen molar-refractivity contribution in [3.8, 4) is 0 Å². The maximum absolute atomic E-state index is 13.6. The van der Waals surface area contributed by atoms with Crippen LogP contribution in [0.15, 0.2) is 18.2 Å². The average Bonchev–Trinajstić information content (AvgIpc) is 2.40. The van der Waals surface area contributed by atoms with Gasteiger partial charge in [0.15, 0.2) is 0 Å².